The Morgan fingerprint density at radius 1 is 1.58 bits per heavy atom. The van der Waals surface area contributed by atoms with E-state index >= 15 is 0 Å². The molecule has 0 unspecified atom stereocenters. The molecule has 0 aromatic heterocycles. The smallest absolute Gasteiger partial charge is 0.185 e. The van der Waals surface area contributed by atoms with Gasteiger partial charge in [-0.05, 0) is 36.8 Å². The molecule has 0 aliphatic carbocycles. The normalized spacial score (nSPS) is 9.50. The fourth-order valence-corrected chi connectivity index (χ4v) is 1.03. The molecule has 1 rings (SSSR count). The molecule has 0 atom stereocenters. The van der Waals surface area contributed by atoms with Crippen molar-refractivity contribution in [3.8, 4) is 0 Å². The fourth-order valence-electron chi connectivity index (χ4n) is 0.916. The molecule has 1 aromatic carbocycles. The van der Waals surface area contributed by atoms with Gasteiger partial charge in [-0.1, -0.05) is 18.2 Å². The largest absolute Gasteiger partial charge is 0.289 e. The lowest BCUT2D eigenvalue weighted by atomic mass is 10.1. The molecule has 0 heterocycles. The molecule has 0 N–H and O–H groups in total. The summed E-state index contributed by atoms with van der Waals surface area (Å²) in [5, 5.41) is 0.676. The maximum absolute atomic E-state index is 11.1. The van der Waals surface area contributed by atoms with Crippen molar-refractivity contribution < 1.29 is 4.79 Å². The van der Waals surface area contributed by atoms with Gasteiger partial charge in [0.2, 0.25) is 0 Å². The van der Waals surface area contributed by atoms with Crippen molar-refractivity contribution in [2.24, 2.45) is 0 Å². The van der Waals surface area contributed by atoms with Gasteiger partial charge in [0.1, 0.15) is 0 Å². The van der Waals surface area contributed by atoms with Crippen LogP contribution in [0.4, 0.5) is 0 Å². The molecular weight excluding hydrogens is 172 g/mol. The van der Waals surface area contributed by atoms with Gasteiger partial charge in [0.25, 0.3) is 0 Å². The van der Waals surface area contributed by atoms with Crippen molar-refractivity contribution in [1.29, 1.82) is 0 Å². The number of benzene rings is 1. The van der Waals surface area contributed by atoms with Crippen molar-refractivity contribution >= 4 is 17.4 Å². The highest BCUT2D eigenvalue weighted by Crippen LogP contribution is 2.16. The SMILES string of the molecule is C=CC(=O)c1ccc(Cl)c(C)c1. The summed E-state index contributed by atoms with van der Waals surface area (Å²) in [7, 11) is 0. The zero-order chi connectivity index (χ0) is 9.14. The van der Waals surface area contributed by atoms with E-state index in [2.05, 4.69) is 6.58 Å². The van der Waals surface area contributed by atoms with E-state index in [4.69, 9.17) is 11.6 Å². The first-order valence-corrected chi connectivity index (χ1v) is 3.96. The van der Waals surface area contributed by atoms with Crippen molar-refractivity contribution in [2.45, 2.75) is 6.92 Å². The Morgan fingerprint density at radius 3 is 2.75 bits per heavy atom. The number of aryl methyl sites for hydroxylation is 1. The molecule has 1 aromatic rings. The first-order valence-electron chi connectivity index (χ1n) is 3.58. The summed E-state index contributed by atoms with van der Waals surface area (Å²) in [6, 6.07) is 5.17. The van der Waals surface area contributed by atoms with Gasteiger partial charge < -0.3 is 0 Å². The van der Waals surface area contributed by atoms with Crippen LogP contribution >= 0.6 is 11.6 Å². The minimum absolute atomic E-state index is 0.0743. The second kappa shape index (κ2) is 3.55. The monoisotopic (exact) mass is 180 g/mol. The van der Waals surface area contributed by atoms with Crippen molar-refractivity contribution in [2.75, 3.05) is 0 Å². The third-order valence-electron chi connectivity index (χ3n) is 1.63. The number of carbonyl (C=O) groups is 1. The number of carbonyl (C=O) groups excluding carboxylic acids is 1. The zero-order valence-electron chi connectivity index (χ0n) is 6.80. The average molecular weight is 181 g/mol. The van der Waals surface area contributed by atoms with Gasteiger partial charge in [-0.2, -0.15) is 0 Å². The van der Waals surface area contributed by atoms with E-state index in [1.165, 1.54) is 6.08 Å². The minimum Gasteiger partial charge on any atom is -0.289 e. The van der Waals surface area contributed by atoms with Crippen LogP contribution in [0.1, 0.15) is 15.9 Å². The molecule has 0 saturated heterocycles. The van der Waals surface area contributed by atoms with Crippen LogP contribution in [0, 0.1) is 6.92 Å². The number of hydrogen-bond acceptors (Lipinski definition) is 1. The molecule has 0 aliphatic rings. The molecule has 0 radical (unpaired) electrons. The molecular formula is C10H9ClO. The summed E-state index contributed by atoms with van der Waals surface area (Å²) in [6.45, 7) is 5.27. The Hall–Kier alpha value is -1.08. The first kappa shape index (κ1) is 9.01. The number of allylic oxidation sites excluding steroid dienone is 1. The summed E-state index contributed by atoms with van der Waals surface area (Å²) in [6.07, 6.45) is 1.29. The van der Waals surface area contributed by atoms with Crippen LogP contribution in [-0.4, -0.2) is 5.78 Å². The van der Waals surface area contributed by atoms with E-state index in [9.17, 15) is 4.79 Å². The van der Waals surface area contributed by atoms with Gasteiger partial charge >= 0.3 is 0 Å². The first-order chi connectivity index (χ1) is 5.65. The molecule has 62 valence electrons. The standard InChI is InChI=1S/C10H9ClO/c1-3-10(12)8-4-5-9(11)7(2)6-8/h3-6H,1H2,2H3. The molecule has 0 saturated carbocycles. The summed E-state index contributed by atoms with van der Waals surface area (Å²) >= 11 is 5.79. The van der Waals surface area contributed by atoms with Crippen molar-refractivity contribution in [1.82, 2.24) is 0 Å². The molecule has 0 spiro atoms. The molecule has 2 heteroatoms. The second-order valence-corrected chi connectivity index (χ2v) is 2.94. The lowest BCUT2D eigenvalue weighted by Gasteiger charge is -1.99. The molecule has 12 heavy (non-hydrogen) atoms. The van der Waals surface area contributed by atoms with Crippen molar-refractivity contribution in [3.63, 3.8) is 0 Å². The maximum atomic E-state index is 11.1. The molecule has 0 amide bonds. The topological polar surface area (TPSA) is 17.1 Å². The van der Waals surface area contributed by atoms with Crippen LogP contribution < -0.4 is 0 Å². The van der Waals surface area contributed by atoms with E-state index in [0.29, 0.717) is 10.6 Å². The minimum atomic E-state index is -0.0743. The highest BCUT2D eigenvalue weighted by atomic mass is 35.5. The van der Waals surface area contributed by atoms with E-state index in [0.717, 1.165) is 5.56 Å². The van der Waals surface area contributed by atoms with Crippen LogP contribution in [0.5, 0.6) is 0 Å². The van der Waals surface area contributed by atoms with Gasteiger partial charge in [0.15, 0.2) is 5.78 Å². The quantitative estimate of drug-likeness (QED) is 0.505. The second-order valence-electron chi connectivity index (χ2n) is 2.53. The predicted octanol–water partition coefficient (Wildman–Crippen LogP) is 3.02. The lowest BCUT2D eigenvalue weighted by Crippen LogP contribution is -1.93. The Labute approximate surface area is 76.7 Å². The van der Waals surface area contributed by atoms with Crippen LogP contribution in [0.15, 0.2) is 30.9 Å². The Bertz CT molecular complexity index is 329. The Balaban J connectivity index is 3.13. The number of ketones is 1. The summed E-state index contributed by atoms with van der Waals surface area (Å²) in [5.74, 6) is -0.0743. The van der Waals surface area contributed by atoms with E-state index < -0.39 is 0 Å². The van der Waals surface area contributed by atoms with Gasteiger partial charge in [-0.3, -0.25) is 4.79 Å². The predicted molar refractivity (Wildman–Crippen MR) is 50.7 cm³/mol. The average Bonchev–Trinajstić information content (AvgIpc) is 2.08. The number of halogens is 1. The van der Waals surface area contributed by atoms with E-state index in [1.54, 1.807) is 18.2 Å². The number of rotatable bonds is 2. The molecule has 0 bridgehead atoms. The van der Waals surface area contributed by atoms with Gasteiger partial charge in [0.05, 0.1) is 0 Å². The third kappa shape index (κ3) is 1.74. The molecule has 1 nitrogen and oxygen atoms in total. The number of hydrogen-bond donors (Lipinski definition) is 0. The third-order valence-corrected chi connectivity index (χ3v) is 2.05. The van der Waals surface area contributed by atoms with Crippen LogP contribution in [0.3, 0.4) is 0 Å². The highest BCUT2D eigenvalue weighted by Gasteiger charge is 2.02. The van der Waals surface area contributed by atoms with Crippen LogP contribution in [0.25, 0.3) is 0 Å². The molecule has 0 fully saturated rings. The summed E-state index contributed by atoms with van der Waals surface area (Å²) < 4.78 is 0. The van der Waals surface area contributed by atoms with Gasteiger partial charge in [0, 0.05) is 10.6 Å². The summed E-state index contributed by atoms with van der Waals surface area (Å²) in [4.78, 5) is 11.1. The van der Waals surface area contributed by atoms with Crippen LogP contribution in [-0.2, 0) is 0 Å². The van der Waals surface area contributed by atoms with E-state index in [-0.39, 0.29) is 5.78 Å². The Kier molecular flexibility index (Phi) is 2.66. The van der Waals surface area contributed by atoms with E-state index in [1.807, 2.05) is 6.92 Å². The summed E-state index contributed by atoms with van der Waals surface area (Å²) in [5.41, 5.74) is 1.54. The zero-order valence-corrected chi connectivity index (χ0v) is 7.56. The Morgan fingerprint density at radius 2 is 2.25 bits per heavy atom. The highest BCUT2D eigenvalue weighted by molar-refractivity contribution is 6.31. The van der Waals surface area contributed by atoms with Gasteiger partial charge in [-0.15, -0.1) is 0 Å². The van der Waals surface area contributed by atoms with Crippen LogP contribution in [0.2, 0.25) is 5.02 Å². The lowest BCUT2D eigenvalue weighted by molar-refractivity contribution is 0.104. The maximum Gasteiger partial charge on any atom is 0.185 e. The fraction of sp³-hybridized carbons (Fsp3) is 0.100. The van der Waals surface area contributed by atoms with Gasteiger partial charge in [-0.25, -0.2) is 0 Å². The van der Waals surface area contributed by atoms with Crippen molar-refractivity contribution in [3.05, 3.63) is 47.0 Å². The molecule has 0 aliphatic heterocycles.